The summed E-state index contributed by atoms with van der Waals surface area (Å²) in [7, 11) is 0. The molecule has 1 aromatic carbocycles. The maximum absolute atomic E-state index is 11.1. The van der Waals surface area contributed by atoms with Crippen LogP contribution in [0.15, 0.2) is 35.9 Å². The number of benzene rings is 1. The Morgan fingerprint density at radius 3 is 2.50 bits per heavy atom. The van der Waals surface area contributed by atoms with Crippen molar-refractivity contribution in [2.24, 2.45) is 0 Å². The van der Waals surface area contributed by atoms with E-state index in [9.17, 15) is 9.90 Å². The summed E-state index contributed by atoms with van der Waals surface area (Å²) in [6.45, 7) is 1.57. The molecule has 5 heteroatoms. The highest BCUT2D eigenvalue weighted by atomic mass is 16.4. The fourth-order valence-electron chi connectivity index (χ4n) is 3.26. The van der Waals surface area contributed by atoms with Gasteiger partial charge in [-0.15, -0.1) is 0 Å². The van der Waals surface area contributed by atoms with Crippen LogP contribution in [0.2, 0.25) is 0 Å². The van der Waals surface area contributed by atoms with E-state index in [1.54, 1.807) is 25.1 Å². The van der Waals surface area contributed by atoms with Crippen molar-refractivity contribution in [1.82, 2.24) is 9.78 Å². The van der Waals surface area contributed by atoms with E-state index in [2.05, 4.69) is 5.10 Å². The highest BCUT2D eigenvalue weighted by Crippen LogP contribution is 2.34. The molecule has 1 aliphatic carbocycles. The van der Waals surface area contributed by atoms with Crippen LogP contribution in [-0.2, 0) is 4.79 Å². The highest BCUT2D eigenvalue weighted by molar-refractivity contribution is 5.91. The molecule has 1 heterocycles. The Hall–Kier alpha value is -2.56. The average molecular weight is 326 g/mol. The lowest BCUT2D eigenvalue weighted by Gasteiger charge is -2.22. The van der Waals surface area contributed by atoms with Crippen molar-refractivity contribution in [3.05, 3.63) is 47.3 Å². The van der Waals surface area contributed by atoms with Gasteiger partial charge in [0.25, 0.3) is 0 Å². The van der Waals surface area contributed by atoms with Crippen LogP contribution < -0.4 is 0 Å². The smallest absolute Gasteiger partial charge is 0.331 e. The number of nitrogens with zero attached hydrogens (tertiary/aromatic N) is 2. The van der Waals surface area contributed by atoms with E-state index in [0.29, 0.717) is 11.6 Å². The van der Waals surface area contributed by atoms with Gasteiger partial charge < -0.3 is 10.2 Å². The quantitative estimate of drug-likeness (QED) is 0.829. The summed E-state index contributed by atoms with van der Waals surface area (Å²) in [5.41, 5.74) is 2.91. The molecule has 0 saturated heterocycles. The van der Waals surface area contributed by atoms with Crippen LogP contribution in [-0.4, -0.2) is 26.0 Å². The Labute approximate surface area is 141 Å². The van der Waals surface area contributed by atoms with Gasteiger partial charge in [0.1, 0.15) is 5.75 Å². The Balaban J connectivity index is 2.03. The van der Waals surface area contributed by atoms with Crippen molar-refractivity contribution in [2.75, 3.05) is 0 Å². The zero-order valence-corrected chi connectivity index (χ0v) is 13.8. The molecule has 126 valence electrons. The number of carbonyl (C=O) groups is 1. The lowest BCUT2D eigenvalue weighted by Crippen LogP contribution is -2.10. The minimum absolute atomic E-state index is 0.215. The van der Waals surface area contributed by atoms with Crippen molar-refractivity contribution in [2.45, 2.75) is 44.9 Å². The van der Waals surface area contributed by atoms with Gasteiger partial charge >= 0.3 is 5.97 Å². The maximum atomic E-state index is 11.1. The molecule has 2 aromatic rings. The lowest BCUT2D eigenvalue weighted by atomic mass is 9.86. The number of phenols is 1. The number of hydrogen-bond donors (Lipinski definition) is 2. The van der Waals surface area contributed by atoms with Crippen molar-refractivity contribution in [3.63, 3.8) is 0 Å². The molecule has 0 aliphatic heterocycles. The lowest BCUT2D eigenvalue weighted by molar-refractivity contribution is -0.132. The summed E-state index contributed by atoms with van der Waals surface area (Å²) in [4.78, 5) is 11.1. The molecule has 0 unspecified atom stereocenters. The molecule has 0 radical (unpaired) electrons. The first-order valence-corrected chi connectivity index (χ1v) is 8.35. The first-order valence-electron chi connectivity index (χ1n) is 8.35. The molecular weight excluding hydrogens is 304 g/mol. The van der Waals surface area contributed by atoms with E-state index in [1.165, 1.54) is 19.3 Å². The Kier molecular flexibility index (Phi) is 4.69. The van der Waals surface area contributed by atoms with Crippen LogP contribution in [0.4, 0.5) is 0 Å². The molecule has 0 spiro atoms. The summed E-state index contributed by atoms with van der Waals surface area (Å²) < 4.78 is 1.89. The largest absolute Gasteiger partial charge is 0.508 e. The number of carboxylic acids is 1. The van der Waals surface area contributed by atoms with E-state index < -0.39 is 5.97 Å². The number of hydrogen-bond acceptors (Lipinski definition) is 3. The van der Waals surface area contributed by atoms with Crippen LogP contribution in [0.25, 0.3) is 11.8 Å². The molecule has 2 N–H and O–H groups in total. The molecule has 24 heavy (non-hydrogen) atoms. The van der Waals surface area contributed by atoms with E-state index >= 15 is 0 Å². The number of carboxylic acid groups (broad SMARTS) is 1. The first-order chi connectivity index (χ1) is 11.5. The molecular formula is C19H22N2O3. The zero-order chi connectivity index (χ0) is 17.1. The number of phenolic OH excluding ortho intramolecular Hbond substituents is 1. The second-order valence-electron chi connectivity index (χ2n) is 6.39. The normalized spacial score (nSPS) is 16.3. The molecule has 0 bridgehead atoms. The molecule has 1 saturated carbocycles. The van der Waals surface area contributed by atoms with Gasteiger partial charge in [-0.05, 0) is 56.2 Å². The van der Waals surface area contributed by atoms with Crippen LogP contribution in [0, 0.1) is 0 Å². The third-order valence-electron chi connectivity index (χ3n) is 4.58. The molecule has 0 amide bonds. The van der Waals surface area contributed by atoms with Gasteiger partial charge in [0.2, 0.25) is 0 Å². The topological polar surface area (TPSA) is 75.3 Å². The van der Waals surface area contributed by atoms with Gasteiger partial charge in [-0.25, -0.2) is 9.48 Å². The Morgan fingerprint density at radius 2 is 1.88 bits per heavy atom. The Morgan fingerprint density at radius 1 is 1.21 bits per heavy atom. The van der Waals surface area contributed by atoms with Gasteiger partial charge in [0.05, 0.1) is 11.4 Å². The molecule has 1 fully saturated rings. The standard InChI is InChI=1S/C19H22N2O3/c1-13(19(23)24)11-15-12-18(14-5-3-2-4-6-14)21(20-15)16-7-9-17(22)10-8-16/h7-12,14,22H,2-6H2,1H3,(H,23,24)/b13-11+. The average Bonchev–Trinajstić information content (AvgIpc) is 3.00. The zero-order valence-electron chi connectivity index (χ0n) is 13.8. The molecule has 3 rings (SSSR count). The molecule has 0 atom stereocenters. The minimum atomic E-state index is -0.937. The number of aromatic hydroxyl groups is 1. The van der Waals surface area contributed by atoms with Gasteiger partial charge in [-0.1, -0.05) is 19.3 Å². The van der Waals surface area contributed by atoms with Crippen LogP contribution in [0.5, 0.6) is 5.75 Å². The number of aliphatic carboxylic acids is 1. The van der Waals surface area contributed by atoms with E-state index in [1.807, 2.05) is 22.9 Å². The third-order valence-corrected chi connectivity index (χ3v) is 4.58. The van der Waals surface area contributed by atoms with Gasteiger partial charge in [0, 0.05) is 17.2 Å². The first kappa shape index (κ1) is 16.3. The van der Waals surface area contributed by atoms with Crippen LogP contribution >= 0.6 is 0 Å². The summed E-state index contributed by atoms with van der Waals surface area (Å²) in [5, 5.41) is 23.2. The van der Waals surface area contributed by atoms with Gasteiger partial charge in [0.15, 0.2) is 0 Å². The fourth-order valence-corrected chi connectivity index (χ4v) is 3.26. The second kappa shape index (κ2) is 6.91. The predicted molar refractivity (Wildman–Crippen MR) is 92.3 cm³/mol. The fraction of sp³-hybridized carbons (Fsp3) is 0.368. The van der Waals surface area contributed by atoms with Crippen LogP contribution in [0.1, 0.15) is 56.3 Å². The van der Waals surface area contributed by atoms with E-state index in [0.717, 1.165) is 24.2 Å². The van der Waals surface area contributed by atoms with Crippen molar-refractivity contribution in [1.29, 1.82) is 0 Å². The van der Waals surface area contributed by atoms with Gasteiger partial charge in [-0.3, -0.25) is 0 Å². The summed E-state index contributed by atoms with van der Waals surface area (Å²) in [6, 6.07) is 8.92. The summed E-state index contributed by atoms with van der Waals surface area (Å²) >= 11 is 0. The molecule has 5 nitrogen and oxygen atoms in total. The summed E-state index contributed by atoms with van der Waals surface area (Å²) in [5.74, 6) is -0.285. The van der Waals surface area contributed by atoms with Crippen LogP contribution in [0.3, 0.4) is 0 Å². The predicted octanol–water partition coefficient (Wildman–Crippen LogP) is 4.11. The van der Waals surface area contributed by atoms with Gasteiger partial charge in [-0.2, -0.15) is 5.10 Å². The monoisotopic (exact) mass is 326 g/mol. The number of aromatic nitrogens is 2. The minimum Gasteiger partial charge on any atom is -0.508 e. The van der Waals surface area contributed by atoms with Crippen molar-refractivity contribution >= 4 is 12.0 Å². The Bertz CT molecular complexity index is 753. The summed E-state index contributed by atoms with van der Waals surface area (Å²) in [6.07, 6.45) is 7.56. The second-order valence-corrected chi connectivity index (χ2v) is 6.39. The van der Waals surface area contributed by atoms with Crippen molar-refractivity contribution in [3.8, 4) is 11.4 Å². The van der Waals surface area contributed by atoms with E-state index in [-0.39, 0.29) is 11.3 Å². The van der Waals surface area contributed by atoms with E-state index in [4.69, 9.17) is 5.11 Å². The third kappa shape index (κ3) is 3.50. The maximum Gasteiger partial charge on any atom is 0.331 e. The molecule has 1 aliphatic rings. The SMILES string of the molecule is C/C(=C\c1cc(C2CCCCC2)n(-c2ccc(O)cc2)n1)C(=O)O. The van der Waals surface area contributed by atoms with Crippen molar-refractivity contribution < 1.29 is 15.0 Å². The highest BCUT2D eigenvalue weighted by Gasteiger charge is 2.21. The number of rotatable bonds is 4. The molecule has 1 aromatic heterocycles.